The van der Waals surface area contributed by atoms with Gasteiger partial charge in [0.15, 0.2) is 0 Å². The predicted molar refractivity (Wildman–Crippen MR) is 82.9 cm³/mol. The summed E-state index contributed by atoms with van der Waals surface area (Å²) >= 11 is 0. The van der Waals surface area contributed by atoms with E-state index in [1.165, 1.54) is 0 Å². The zero-order valence-electron chi connectivity index (χ0n) is 12.5. The van der Waals surface area contributed by atoms with Gasteiger partial charge < -0.3 is 4.90 Å². The number of fused-ring (bicyclic) bond motifs is 1. The van der Waals surface area contributed by atoms with Gasteiger partial charge in [0.2, 0.25) is 0 Å². The van der Waals surface area contributed by atoms with Gasteiger partial charge in [-0.3, -0.25) is 9.78 Å². The van der Waals surface area contributed by atoms with Gasteiger partial charge in [-0.15, -0.1) is 0 Å². The van der Waals surface area contributed by atoms with Gasteiger partial charge in [0.1, 0.15) is 5.82 Å². The summed E-state index contributed by atoms with van der Waals surface area (Å²) in [5, 5.41) is 4.59. The van der Waals surface area contributed by atoms with E-state index < -0.39 is 0 Å². The van der Waals surface area contributed by atoms with Gasteiger partial charge >= 0.3 is 0 Å². The summed E-state index contributed by atoms with van der Waals surface area (Å²) in [7, 11) is 0. The zero-order chi connectivity index (χ0) is 14.9. The molecule has 0 radical (unpaired) electrons. The summed E-state index contributed by atoms with van der Waals surface area (Å²) in [5.74, 6) is 0.888. The number of hydrogen-bond donors (Lipinski definition) is 0. The van der Waals surface area contributed by atoms with Crippen molar-refractivity contribution in [2.24, 2.45) is 0 Å². The molecule has 1 fully saturated rings. The van der Waals surface area contributed by atoms with Crippen LogP contribution < -0.4 is 10.5 Å². The van der Waals surface area contributed by atoms with E-state index in [2.05, 4.69) is 20.0 Å². The highest BCUT2D eigenvalue weighted by atomic mass is 16.1. The Kier molecular flexibility index (Phi) is 3.36. The number of hydrogen-bond acceptors (Lipinski definition) is 5. The van der Waals surface area contributed by atoms with Gasteiger partial charge in [-0.25, -0.2) is 9.67 Å². The number of rotatable bonds is 3. The molecule has 1 aliphatic carbocycles. The zero-order valence-corrected chi connectivity index (χ0v) is 12.5. The first-order valence-electron chi connectivity index (χ1n) is 7.94. The lowest BCUT2D eigenvalue weighted by atomic mass is 10.2. The third-order valence-corrected chi connectivity index (χ3v) is 4.63. The van der Waals surface area contributed by atoms with Crippen molar-refractivity contribution < 1.29 is 0 Å². The molecule has 2 aliphatic rings. The van der Waals surface area contributed by atoms with Crippen LogP contribution in [0.2, 0.25) is 0 Å². The fourth-order valence-electron chi connectivity index (χ4n) is 3.54. The van der Waals surface area contributed by atoms with Crippen LogP contribution in [0.4, 0.5) is 5.82 Å². The first kappa shape index (κ1) is 13.4. The molecule has 0 spiro atoms. The van der Waals surface area contributed by atoms with Crippen LogP contribution in [0.5, 0.6) is 0 Å². The summed E-state index contributed by atoms with van der Waals surface area (Å²) in [4.78, 5) is 23.0. The third-order valence-electron chi connectivity index (χ3n) is 4.63. The molecule has 0 N–H and O–H groups in total. The van der Waals surface area contributed by atoms with Crippen molar-refractivity contribution in [3.63, 3.8) is 0 Å². The quantitative estimate of drug-likeness (QED) is 0.851. The van der Waals surface area contributed by atoms with Crippen LogP contribution in [0.1, 0.15) is 30.5 Å². The molecule has 0 amide bonds. The molecule has 2 aromatic rings. The molecular formula is C16H19N5O. The molecule has 0 saturated carbocycles. The Bertz CT molecular complexity index is 727. The minimum Gasteiger partial charge on any atom is -0.350 e. The van der Waals surface area contributed by atoms with Crippen LogP contribution in [0, 0.1) is 0 Å². The van der Waals surface area contributed by atoms with Crippen LogP contribution >= 0.6 is 0 Å². The molecule has 22 heavy (non-hydrogen) atoms. The van der Waals surface area contributed by atoms with Gasteiger partial charge in [-0.2, -0.15) is 5.10 Å². The SMILES string of the molecule is O=c1cc2c(nn1CC1CCCN1c1cnccn1)CCC2. The fraction of sp³-hybridized carbons (Fsp3) is 0.500. The highest BCUT2D eigenvalue weighted by Crippen LogP contribution is 2.24. The molecule has 6 heteroatoms. The largest absolute Gasteiger partial charge is 0.350 e. The van der Waals surface area contributed by atoms with Crippen LogP contribution in [-0.2, 0) is 19.4 Å². The third kappa shape index (κ3) is 2.38. The van der Waals surface area contributed by atoms with E-state index in [1.54, 1.807) is 29.3 Å². The van der Waals surface area contributed by atoms with E-state index in [4.69, 9.17) is 0 Å². The van der Waals surface area contributed by atoms with Crippen LogP contribution in [0.3, 0.4) is 0 Å². The van der Waals surface area contributed by atoms with E-state index >= 15 is 0 Å². The van der Waals surface area contributed by atoms with Crippen molar-refractivity contribution >= 4 is 5.82 Å². The Morgan fingerprint density at radius 3 is 3.05 bits per heavy atom. The maximum Gasteiger partial charge on any atom is 0.267 e. The maximum absolute atomic E-state index is 12.3. The minimum absolute atomic E-state index is 0.0200. The average molecular weight is 297 g/mol. The van der Waals surface area contributed by atoms with E-state index in [-0.39, 0.29) is 11.6 Å². The van der Waals surface area contributed by atoms with Crippen molar-refractivity contribution in [1.29, 1.82) is 0 Å². The van der Waals surface area contributed by atoms with Crippen molar-refractivity contribution in [1.82, 2.24) is 19.7 Å². The molecule has 1 atom stereocenters. The standard InChI is InChI=1S/C16H19N5O/c22-16-9-12-3-1-5-14(12)19-21(16)11-13-4-2-8-20(13)15-10-17-6-7-18-15/h6-7,9-10,13H,1-5,8,11H2. The lowest BCUT2D eigenvalue weighted by molar-refractivity contribution is 0.481. The van der Waals surface area contributed by atoms with Crippen molar-refractivity contribution in [3.05, 3.63) is 46.3 Å². The lowest BCUT2D eigenvalue weighted by Gasteiger charge is -2.25. The van der Waals surface area contributed by atoms with Gasteiger partial charge in [0, 0.05) is 25.0 Å². The molecule has 1 unspecified atom stereocenters. The minimum atomic E-state index is 0.0200. The van der Waals surface area contributed by atoms with Crippen LogP contribution in [-0.4, -0.2) is 32.3 Å². The van der Waals surface area contributed by atoms with Gasteiger partial charge in [0.25, 0.3) is 5.56 Å². The molecule has 1 aliphatic heterocycles. The molecule has 1 saturated heterocycles. The van der Waals surface area contributed by atoms with E-state index in [0.29, 0.717) is 6.54 Å². The topological polar surface area (TPSA) is 63.9 Å². The molecule has 114 valence electrons. The summed E-state index contributed by atoms with van der Waals surface area (Å²) in [6, 6.07) is 2.04. The van der Waals surface area contributed by atoms with Crippen LogP contribution in [0.15, 0.2) is 29.5 Å². The lowest BCUT2D eigenvalue weighted by Crippen LogP contribution is -2.37. The summed E-state index contributed by atoms with van der Waals surface area (Å²) in [6.07, 6.45) is 10.5. The number of aromatic nitrogens is 4. The van der Waals surface area contributed by atoms with E-state index in [0.717, 1.165) is 55.7 Å². The summed E-state index contributed by atoms with van der Waals surface area (Å²) in [5.41, 5.74) is 2.26. The van der Waals surface area contributed by atoms with Crippen LogP contribution in [0.25, 0.3) is 0 Å². The first-order valence-corrected chi connectivity index (χ1v) is 7.94. The van der Waals surface area contributed by atoms with Crippen molar-refractivity contribution in [2.75, 3.05) is 11.4 Å². The molecular weight excluding hydrogens is 278 g/mol. The molecule has 2 aromatic heterocycles. The summed E-state index contributed by atoms with van der Waals surface area (Å²) in [6.45, 7) is 1.59. The van der Waals surface area contributed by atoms with Crippen molar-refractivity contribution in [2.45, 2.75) is 44.7 Å². The summed E-state index contributed by atoms with van der Waals surface area (Å²) < 4.78 is 1.64. The van der Waals surface area contributed by atoms with Gasteiger partial charge in [0.05, 0.1) is 24.5 Å². The number of anilines is 1. The maximum atomic E-state index is 12.3. The Morgan fingerprint density at radius 2 is 2.18 bits per heavy atom. The average Bonchev–Trinajstić information content (AvgIpc) is 3.17. The highest BCUT2D eigenvalue weighted by Gasteiger charge is 2.27. The second-order valence-electron chi connectivity index (χ2n) is 6.04. The normalized spacial score (nSPS) is 20.4. The molecule has 0 aromatic carbocycles. The van der Waals surface area contributed by atoms with Crippen molar-refractivity contribution in [3.8, 4) is 0 Å². The van der Waals surface area contributed by atoms with Gasteiger partial charge in [-0.1, -0.05) is 0 Å². The molecule has 4 rings (SSSR count). The van der Waals surface area contributed by atoms with Gasteiger partial charge in [-0.05, 0) is 37.7 Å². The fourth-order valence-corrected chi connectivity index (χ4v) is 3.54. The number of aryl methyl sites for hydroxylation is 2. The number of nitrogens with zero attached hydrogens (tertiary/aromatic N) is 5. The van der Waals surface area contributed by atoms with E-state index in [1.807, 2.05) is 0 Å². The Balaban J connectivity index is 1.59. The smallest absolute Gasteiger partial charge is 0.267 e. The first-order chi connectivity index (χ1) is 10.8. The highest BCUT2D eigenvalue weighted by molar-refractivity contribution is 5.38. The molecule has 0 bridgehead atoms. The van der Waals surface area contributed by atoms with E-state index in [9.17, 15) is 4.79 Å². The Morgan fingerprint density at radius 1 is 1.23 bits per heavy atom. The molecule has 6 nitrogen and oxygen atoms in total. The molecule has 3 heterocycles. The Hall–Kier alpha value is -2.24. The second kappa shape index (κ2) is 5.51. The Labute approximate surface area is 128 Å². The second-order valence-corrected chi connectivity index (χ2v) is 6.04. The predicted octanol–water partition coefficient (Wildman–Crippen LogP) is 1.19. The monoisotopic (exact) mass is 297 g/mol.